The molecule has 0 spiro atoms. The molecule has 0 aliphatic carbocycles. The Hall–Kier alpha value is -2.57. The summed E-state index contributed by atoms with van der Waals surface area (Å²) in [4.78, 5) is 34.7. The van der Waals surface area contributed by atoms with E-state index in [1.165, 1.54) is 4.57 Å². The largest absolute Gasteiger partial charge is 0.466 e. The standard InChI is InChI=1S/C15H18N2O5/c1-2-21-14(19)8-5-9-16-13(18)10-17-11-6-3-4-7-12(11)22-15(17)20/h3-4,6-7H,2,5,8-10H2,1H3,(H,16,18). The number of benzene rings is 1. The molecule has 0 saturated carbocycles. The van der Waals surface area contributed by atoms with E-state index in [-0.39, 0.29) is 24.8 Å². The Morgan fingerprint density at radius 3 is 2.86 bits per heavy atom. The van der Waals surface area contributed by atoms with Gasteiger partial charge in [0.15, 0.2) is 5.58 Å². The first-order valence-corrected chi connectivity index (χ1v) is 7.12. The average Bonchev–Trinajstić information content (AvgIpc) is 2.80. The average molecular weight is 306 g/mol. The van der Waals surface area contributed by atoms with E-state index in [4.69, 9.17) is 9.15 Å². The maximum Gasteiger partial charge on any atom is 0.420 e. The summed E-state index contributed by atoms with van der Waals surface area (Å²) in [6.07, 6.45) is 0.744. The summed E-state index contributed by atoms with van der Waals surface area (Å²) in [5.41, 5.74) is 1.02. The zero-order chi connectivity index (χ0) is 15.9. The number of nitrogens with one attached hydrogen (secondary N) is 1. The van der Waals surface area contributed by atoms with E-state index in [1.54, 1.807) is 31.2 Å². The molecule has 2 rings (SSSR count). The van der Waals surface area contributed by atoms with Crippen molar-refractivity contribution in [3.05, 3.63) is 34.8 Å². The van der Waals surface area contributed by atoms with E-state index in [9.17, 15) is 14.4 Å². The highest BCUT2D eigenvalue weighted by Gasteiger charge is 2.12. The van der Waals surface area contributed by atoms with E-state index >= 15 is 0 Å². The first-order valence-electron chi connectivity index (χ1n) is 7.12. The molecule has 22 heavy (non-hydrogen) atoms. The van der Waals surface area contributed by atoms with Crippen molar-refractivity contribution in [2.45, 2.75) is 26.3 Å². The topological polar surface area (TPSA) is 90.5 Å². The summed E-state index contributed by atoms with van der Waals surface area (Å²) in [6.45, 7) is 2.33. The van der Waals surface area contributed by atoms with Gasteiger partial charge in [-0.15, -0.1) is 0 Å². The minimum atomic E-state index is -0.567. The molecule has 7 heteroatoms. The van der Waals surface area contributed by atoms with Gasteiger partial charge in [-0.25, -0.2) is 4.79 Å². The number of ether oxygens (including phenoxy) is 1. The summed E-state index contributed by atoms with van der Waals surface area (Å²) in [7, 11) is 0. The Balaban J connectivity index is 1.85. The van der Waals surface area contributed by atoms with Crippen LogP contribution >= 0.6 is 0 Å². The van der Waals surface area contributed by atoms with Gasteiger partial charge in [0.25, 0.3) is 0 Å². The number of esters is 1. The Labute approximate surface area is 126 Å². The number of oxazole rings is 1. The van der Waals surface area contributed by atoms with Crippen LogP contribution in [-0.2, 0) is 20.9 Å². The molecule has 1 heterocycles. The van der Waals surface area contributed by atoms with Crippen LogP contribution in [0.3, 0.4) is 0 Å². The number of para-hydroxylation sites is 2. The van der Waals surface area contributed by atoms with Crippen molar-refractivity contribution in [3.63, 3.8) is 0 Å². The lowest BCUT2D eigenvalue weighted by Crippen LogP contribution is -2.31. The normalized spacial score (nSPS) is 10.6. The highest BCUT2D eigenvalue weighted by molar-refractivity contribution is 5.79. The van der Waals surface area contributed by atoms with Crippen molar-refractivity contribution in [2.75, 3.05) is 13.2 Å². The van der Waals surface area contributed by atoms with Gasteiger partial charge in [0, 0.05) is 13.0 Å². The van der Waals surface area contributed by atoms with Crippen molar-refractivity contribution in [1.29, 1.82) is 0 Å². The van der Waals surface area contributed by atoms with Crippen LogP contribution in [0.4, 0.5) is 0 Å². The predicted molar refractivity (Wildman–Crippen MR) is 79.4 cm³/mol. The van der Waals surface area contributed by atoms with Crippen molar-refractivity contribution in [3.8, 4) is 0 Å². The fourth-order valence-corrected chi connectivity index (χ4v) is 2.06. The number of hydrogen-bond acceptors (Lipinski definition) is 5. The molecule has 1 aromatic heterocycles. The molecule has 0 aliphatic rings. The lowest BCUT2D eigenvalue weighted by molar-refractivity contribution is -0.143. The zero-order valence-corrected chi connectivity index (χ0v) is 12.3. The van der Waals surface area contributed by atoms with Gasteiger partial charge in [-0.3, -0.25) is 14.2 Å². The summed E-state index contributed by atoms with van der Waals surface area (Å²) in [5, 5.41) is 2.66. The van der Waals surface area contributed by atoms with Gasteiger partial charge < -0.3 is 14.5 Å². The molecular formula is C15H18N2O5. The molecule has 0 bridgehead atoms. The molecule has 0 saturated heterocycles. The zero-order valence-electron chi connectivity index (χ0n) is 12.3. The van der Waals surface area contributed by atoms with Crippen molar-refractivity contribution in [1.82, 2.24) is 9.88 Å². The number of carbonyl (C=O) groups excluding carboxylic acids is 2. The molecule has 0 radical (unpaired) electrons. The highest BCUT2D eigenvalue weighted by Crippen LogP contribution is 2.11. The van der Waals surface area contributed by atoms with Gasteiger partial charge >= 0.3 is 11.7 Å². The number of aromatic nitrogens is 1. The van der Waals surface area contributed by atoms with E-state index in [1.807, 2.05) is 0 Å². The van der Waals surface area contributed by atoms with Gasteiger partial charge in [0.1, 0.15) is 6.54 Å². The second-order valence-electron chi connectivity index (χ2n) is 4.68. The van der Waals surface area contributed by atoms with Crippen LogP contribution in [0, 0.1) is 0 Å². The minimum Gasteiger partial charge on any atom is -0.466 e. The lowest BCUT2D eigenvalue weighted by atomic mass is 10.3. The molecule has 1 N–H and O–H groups in total. The molecule has 0 fully saturated rings. The summed E-state index contributed by atoms with van der Waals surface area (Å²) in [6, 6.07) is 6.91. The summed E-state index contributed by atoms with van der Waals surface area (Å²) < 4.78 is 11.1. The third kappa shape index (κ3) is 3.97. The molecule has 7 nitrogen and oxygen atoms in total. The third-order valence-electron chi connectivity index (χ3n) is 3.06. The lowest BCUT2D eigenvalue weighted by Gasteiger charge is -2.05. The molecule has 118 valence electrons. The number of amides is 1. The van der Waals surface area contributed by atoms with Crippen LogP contribution in [0.1, 0.15) is 19.8 Å². The summed E-state index contributed by atoms with van der Waals surface area (Å²) in [5.74, 6) is -1.16. The smallest absolute Gasteiger partial charge is 0.420 e. The predicted octanol–water partition coefficient (Wildman–Crippen LogP) is 1.05. The van der Waals surface area contributed by atoms with Crippen molar-refractivity contribution in [2.24, 2.45) is 0 Å². The first-order chi connectivity index (χ1) is 10.6. The monoisotopic (exact) mass is 306 g/mol. The van der Waals surface area contributed by atoms with Gasteiger partial charge in [0.2, 0.25) is 5.91 Å². The van der Waals surface area contributed by atoms with E-state index < -0.39 is 5.76 Å². The summed E-state index contributed by atoms with van der Waals surface area (Å²) >= 11 is 0. The quantitative estimate of drug-likeness (QED) is 0.610. The maximum atomic E-state index is 11.8. The molecule has 1 aromatic carbocycles. The first kappa shape index (κ1) is 15.8. The van der Waals surface area contributed by atoms with Gasteiger partial charge in [-0.1, -0.05) is 12.1 Å². The fraction of sp³-hybridized carbons (Fsp3) is 0.400. The molecule has 0 unspecified atom stereocenters. The van der Waals surface area contributed by atoms with Crippen LogP contribution in [0.25, 0.3) is 11.1 Å². The molecular weight excluding hydrogens is 288 g/mol. The fourth-order valence-electron chi connectivity index (χ4n) is 2.06. The minimum absolute atomic E-state index is 0.116. The number of carbonyl (C=O) groups is 2. The third-order valence-corrected chi connectivity index (χ3v) is 3.06. The Bertz CT molecular complexity index is 716. The second-order valence-corrected chi connectivity index (χ2v) is 4.68. The van der Waals surface area contributed by atoms with Gasteiger partial charge in [-0.05, 0) is 25.5 Å². The maximum absolute atomic E-state index is 11.8. The van der Waals surface area contributed by atoms with E-state index in [0.717, 1.165) is 0 Å². The molecule has 0 atom stereocenters. The Morgan fingerprint density at radius 2 is 2.09 bits per heavy atom. The van der Waals surface area contributed by atoms with Gasteiger partial charge in [0.05, 0.1) is 12.1 Å². The Morgan fingerprint density at radius 1 is 1.32 bits per heavy atom. The second kappa shape index (κ2) is 7.44. The van der Waals surface area contributed by atoms with Crippen LogP contribution in [0.15, 0.2) is 33.5 Å². The van der Waals surface area contributed by atoms with Crippen molar-refractivity contribution < 1.29 is 18.7 Å². The number of rotatable bonds is 7. The highest BCUT2D eigenvalue weighted by atomic mass is 16.5. The van der Waals surface area contributed by atoms with Crippen molar-refractivity contribution >= 4 is 23.0 Å². The number of hydrogen-bond donors (Lipinski definition) is 1. The number of fused-ring (bicyclic) bond motifs is 1. The van der Waals surface area contributed by atoms with E-state index in [2.05, 4.69) is 5.32 Å². The van der Waals surface area contributed by atoms with E-state index in [0.29, 0.717) is 30.7 Å². The SMILES string of the molecule is CCOC(=O)CCCNC(=O)Cn1c(=O)oc2ccccc21. The number of nitrogens with zero attached hydrogens (tertiary/aromatic N) is 1. The van der Waals surface area contributed by atoms with Crippen LogP contribution < -0.4 is 11.1 Å². The Kier molecular flexibility index (Phi) is 5.35. The van der Waals surface area contributed by atoms with Crippen LogP contribution in [-0.4, -0.2) is 29.6 Å². The molecule has 0 aliphatic heterocycles. The van der Waals surface area contributed by atoms with Crippen LogP contribution in [0.5, 0.6) is 0 Å². The molecule has 1 amide bonds. The van der Waals surface area contributed by atoms with Crippen LogP contribution in [0.2, 0.25) is 0 Å². The molecule has 2 aromatic rings. The van der Waals surface area contributed by atoms with Gasteiger partial charge in [-0.2, -0.15) is 0 Å².